The fourth-order valence-corrected chi connectivity index (χ4v) is 3.10. The van der Waals surface area contributed by atoms with Gasteiger partial charge in [0.05, 0.1) is 22.8 Å². The third-order valence-corrected chi connectivity index (χ3v) is 4.23. The van der Waals surface area contributed by atoms with Crippen LogP contribution in [0.1, 0.15) is 55.8 Å². The lowest BCUT2D eigenvalue weighted by atomic mass is 10.0. The van der Waals surface area contributed by atoms with E-state index in [-0.39, 0.29) is 0 Å². The van der Waals surface area contributed by atoms with Gasteiger partial charge >= 0.3 is 0 Å². The number of hydrogen-bond donors (Lipinski definition) is 1. The van der Waals surface area contributed by atoms with Gasteiger partial charge in [0.15, 0.2) is 0 Å². The maximum Gasteiger partial charge on any atom is 0.0898 e. The van der Waals surface area contributed by atoms with Gasteiger partial charge < -0.3 is 10.1 Å². The second-order valence-electron chi connectivity index (χ2n) is 5.01. The number of nitrogens with zero attached hydrogens (tertiary/aromatic N) is 1. The molecule has 1 aromatic rings. The Morgan fingerprint density at radius 3 is 3.11 bits per heavy atom. The van der Waals surface area contributed by atoms with Crippen LogP contribution in [0.15, 0.2) is 5.38 Å². The molecule has 1 aliphatic rings. The number of aromatic nitrogens is 1. The molecule has 0 spiro atoms. The van der Waals surface area contributed by atoms with Gasteiger partial charge in [-0.3, -0.25) is 0 Å². The molecule has 0 saturated carbocycles. The van der Waals surface area contributed by atoms with E-state index in [0.717, 1.165) is 31.0 Å². The van der Waals surface area contributed by atoms with Crippen molar-refractivity contribution in [1.29, 1.82) is 0 Å². The van der Waals surface area contributed by atoms with Crippen LogP contribution < -0.4 is 5.32 Å². The van der Waals surface area contributed by atoms with Gasteiger partial charge in [-0.15, -0.1) is 11.3 Å². The maximum atomic E-state index is 5.70. The Bertz CT molecular complexity index is 347. The molecule has 0 aliphatic carbocycles. The Morgan fingerprint density at radius 2 is 2.50 bits per heavy atom. The van der Waals surface area contributed by atoms with E-state index in [4.69, 9.17) is 4.74 Å². The van der Waals surface area contributed by atoms with Crippen molar-refractivity contribution in [3.05, 3.63) is 16.1 Å². The van der Waals surface area contributed by atoms with Gasteiger partial charge in [-0.2, -0.15) is 0 Å². The first-order valence-corrected chi connectivity index (χ1v) is 7.94. The third-order valence-electron chi connectivity index (χ3n) is 3.44. The molecule has 4 heteroatoms. The molecule has 1 aromatic heterocycles. The van der Waals surface area contributed by atoms with Gasteiger partial charge in [0, 0.05) is 12.0 Å². The van der Waals surface area contributed by atoms with Gasteiger partial charge in [0.25, 0.3) is 0 Å². The Hall–Kier alpha value is -0.450. The monoisotopic (exact) mass is 268 g/mol. The quantitative estimate of drug-likeness (QED) is 0.822. The predicted octanol–water partition coefficient (Wildman–Crippen LogP) is 3.45. The van der Waals surface area contributed by atoms with Gasteiger partial charge in [0.2, 0.25) is 0 Å². The molecule has 2 atom stereocenters. The molecule has 2 unspecified atom stereocenters. The number of aryl methyl sites for hydroxylation is 1. The Morgan fingerprint density at radius 1 is 1.61 bits per heavy atom. The summed E-state index contributed by atoms with van der Waals surface area (Å²) in [4.78, 5) is 4.62. The standard InChI is InChI=1S/C14H24N2OS/c1-3-8-15-13(14-10-18-11(2)16-14)7-6-12-5-4-9-17-12/h10,12-13,15H,3-9H2,1-2H3. The van der Waals surface area contributed by atoms with Crippen molar-refractivity contribution in [2.75, 3.05) is 13.2 Å². The lowest BCUT2D eigenvalue weighted by molar-refractivity contribution is 0.0995. The molecule has 0 bridgehead atoms. The summed E-state index contributed by atoms with van der Waals surface area (Å²) in [6.07, 6.45) is 6.39. The molecule has 0 amide bonds. The molecule has 1 fully saturated rings. The highest BCUT2D eigenvalue weighted by atomic mass is 32.1. The molecule has 0 radical (unpaired) electrons. The summed E-state index contributed by atoms with van der Waals surface area (Å²) in [6, 6.07) is 0.402. The van der Waals surface area contributed by atoms with E-state index in [9.17, 15) is 0 Å². The van der Waals surface area contributed by atoms with Gasteiger partial charge in [-0.05, 0) is 45.6 Å². The van der Waals surface area contributed by atoms with E-state index in [1.165, 1.54) is 25.0 Å². The van der Waals surface area contributed by atoms with E-state index >= 15 is 0 Å². The van der Waals surface area contributed by atoms with Crippen LogP contribution >= 0.6 is 11.3 Å². The van der Waals surface area contributed by atoms with Crippen LogP contribution in [-0.4, -0.2) is 24.2 Å². The molecule has 0 aromatic carbocycles. The first-order valence-electron chi connectivity index (χ1n) is 7.06. The summed E-state index contributed by atoms with van der Waals surface area (Å²) < 4.78 is 5.70. The number of hydrogen-bond acceptors (Lipinski definition) is 4. The van der Waals surface area contributed by atoms with Gasteiger partial charge in [-0.25, -0.2) is 4.98 Å². The molecule has 1 aliphatic heterocycles. The maximum absolute atomic E-state index is 5.70. The normalized spacial score (nSPS) is 21.3. The van der Waals surface area contributed by atoms with Gasteiger partial charge in [0.1, 0.15) is 0 Å². The molecule has 102 valence electrons. The number of ether oxygens (including phenoxy) is 1. The van der Waals surface area contributed by atoms with E-state index in [1.807, 2.05) is 0 Å². The Labute approximate surface area is 114 Å². The highest BCUT2D eigenvalue weighted by Crippen LogP contribution is 2.25. The van der Waals surface area contributed by atoms with Crippen LogP contribution in [0, 0.1) is 6.92 Å². The highest BCUT2D eigenvalue weighted by molar-refractivity contribution is 7.09. The second kappa shape index (κ2) is 7.22. The van der Waals surface area contributed by atoms with E-state index in [0.29, 0.717) is 12.1 Å². The SMILES string of the molecule is CCCNC(CCC1CCCO1)c1csc(C)n1. The number of rotatable bonds is 7. The Balaban J connectivity index is 1.87. The van der Waals surface area contributed by atoms with Crippen molar-refractivity contribution in [2.24, 2.45) is 0 Å². The molecule has 2 rings (SSSR count). The van der Waals surface area contributed by atoms with E-state index < -0.39 is 0 Å². The minimum absolute atomic E-state index is 0.402. The van der Waals surface area contributed by atoms with Crippen LogP contribution in [0.4, 0.5) is 0 Å². The van der Waals surface area contributed by atoms with Crippen LogP contribution in [0.2, 0.25) is 0 Å². The van der Waals surface area contributed by atoms with Crippen molar-refractivity contribution >= 4 is 11.3 Å². The first-order chi connectivity index (χ1) is 8.79. The zero-order valence-corrected chi connectivity index (χ0v) is 12.3. The van der Waals surface area contributed by atoms with Crippen LogP contribution in [0.25, 0.3) is 0 Å². The Kier molecular flexibility index (Phi) is 5.60. The average Bonchev–Trinajstić information content (AvgIpc) is 3.01. The van der Waals surface area contributed by atoms with Crippen molar-refractivity contribution in [3.63, 3.8) is 0 Å². The van der Waals surface area contributed by atoms with Crippen LogP contribution in [0.3, 0.4) is 0 Å². The molecule has 1 N–H and O–H groups in total. The largest absolute Gasteiger partial charge is 0.378 e. The lowest BCUT2D eigenvalue weighted by Crippen LogP contribution is -2.23. The second-order valence-corrected chi connectivity index (χ2v) is 6.07. The first kappa shape index (κ1) is 14.0. The van der Waals surface area contributed by atoms with Gasteiger partial charge in [-0.1, -0.05) is 6.92 Å². The van der Waals surface area contributed by atoms with Crippen molar-refractivity contribution in [2.45, 2.75) is 58.1 Å². The average molecular weight is 268 g/mol. The summed E-state index contributed by atoms with van der Waals surface area (Å²) in [5.74, 6) is 0. The summed E-state index contributed by atoms with van der Waals surface area (Å²) in [5, 5.41) is 6.96. The molecule has 1 saturated heterocycles. The van der Waals surface area contributed by atoms with E-state index in [1.54, 1.807) is 11.3 Å². The number of thiazole rings is 1. The van der Waals surface area contributed by atoms with Crippen LogP contribution in [0.5, 0.6) is 0 Å². The number of nitrogens with one attached hydrogen (secondary N) is 1. The fraction of sp³-hybridized carbons (Fsp3) is 0.786. The minimum Gasteiger partial charge on any atom is -0.378 e. The smallest absolute Gasteiger partial charge is 0.0898 e. The highest BCUT2D eigenvalue weighted by Gasteiger charge is 2.19. The lowest BCUT2D eigenvalue weighted by Gasteiger charge is -2.18. The fourth-order valence-electron chi connectivity index (χ4n) is 2.44. The van der Waals surface area contributed by atoms with Crippen molar-refractivity contribution < 1.29 is 4.74 Å². The van der Waals surface area contributed by atoms with Crippen molar-refractivity contribution in [3.8, 4) is 0 Å². The third kappa shape index (κ3) is 4.04. The predicted molar refractivity (Wildman–Crippen MR) is 76.1 cm³/mol. The van der Waals surface area contributed by atoms with Crippen LogP contribution in [-0.2, 0) is 4.74 Å². The topological polar surface area (TPSA) is 34.1 Å². The van der Waals surface area contributed by atoms with E-state index in [2.05, 4.69) is 29.5 Å². The zero-order chi connectivity index (χ0) is 12.8. The summed E-state index contributed by atoms with van der Waals surface area (Å²) >= 11 is 1.74. The summed E-state index contributed by atoms with van der Waals surface area (Å²) in [6.45, 7) is 6.29. The summed E-state index contributed by atoms with van der Waals surface area (Å²) in [7, 11) is 0. The zero-order valence-electron chi connectivity index (χ0n) is 11.4. The van der Waals surface area contributed by atoms with Crippen molar-refractivity contribution in [1.82, 2.24) is 10.3 Å². The molecular formula is C14H24N2OS. The summed E-state index contributed by atoms with van der Waals surface area (Å²) in [5.41, 5.74) is 1.21. The minimum atomic E-state index is 0.402. The molecule has 18 heavy (non-hydrogen) atoms. The molecule has 3 nitrogen and oxygen atoms in total. The molecular weight excluding hydrogens is 244 g/mol. The molecule has 2 heterocycles.